The Balaban J connectivity index is 2.44. The molecule has 0 bridgehead atoms. The fraction of sp³-hybridized carbons (Fsp3) is 0.222. The van der Waals surface area contributed by atoms with E-state index in [2.05, 4.69) is 0 Å². The van der Waals surface area contributed by atoms with Crippen LogP contribution in [0.25, 0.3) is 6.08 Å². The van der Waals surface area contributed by atoms with Gasteiger partial charge in [-0.2, -0.15) is 26.3 Å². The Morgan fingerprint density at radius 2 is 1.59 bits per heavy atom. The first-order valence-corrected chi connectivity index (χ1v) is 8.29. The smallest absolute Gasteiger partial charge is 0.326 e. The molecule has 2 aromatic carbocycles. The monoisotopic (exact) mass is 427 g/mol. The Hall–Kier alpha value is -1.70. The largest absolute Gasteiger partial charge is 0.416 e. The molecule has 0 saturated carbocycles. The zero-order valence-corrected chi connectivity index (χ0v) is 15.0. The van der Waals surface area contributed by atoms with Gasteiger partial charge in [0.1, 0.15) is 0 Å². The van der Waals surface area contributed by atoms with Crippen LogP contribution >= 0.6 is 23.2 Å². The van der Waals surface area contributed by atoms with Gasteiger partial charge in [0, 0.05) is 6.54 Å². The van der Waals surface area contributed by atoms with Gasteiger partial charge in [0.15, 0.2) is 0 Å². The molecule has 27 heavy (non-hydrogen) atoms. The summed E-state index contributed by atoms with van der Waals surface area (Å²) in [6.45, 7) is -0.340. The number of hydrogen-bond donors (Lipinski definition) is 1. The summed E-state index contributed by atoms with van der Waals surface area (Å²) in [6.07, 6.45) is -7.57. The van der Waals surface area contributed by atoms with Crippen molar-refractivity contribution in [1.29, 1.82) is 0 Å². The van der Waals surface area contributed by atoms with E-state index in [0.29, 0.717) is 0 Å². The van der Waals surface area contributed by atoms with Crippen molar-refractivity contribution in [3.8, 4) is 0 Å². The molecule has 0 aliphatic rings. The van der Waals surface area contributed by atoms with Crippen LogP contribution in [0.3, 0.4) is 0 Å². The van der Waals surface area contributed by atoms with E-state index in [1.54, 1.807) is 0 Å². The molecule has 0 aliphatic carbocycles. The number of halogens is 8. The zero-order valence-electron chi connectivity index (χ0n) is 13.5. The van der Waals surface area contributed by atoms with Gasteiger partial charge >= 0.3 is 12.4 Å². The summed E-state index contributed by atoms with van der Waals surface area (Å²) in [5.74, 6) is -2.06. The summed E-state index contributed by atoms with van der Waals surface area (Å²) >= 11 is 11.5. The first-order valence-electron chi connectivity index (χ1n) is 7.53. The standard InChI is InChI=1S/C18H13Cl2F6N/c19-15-6-4-11(8-16(15)20)13(17(21,22)23)5-2-10-1-3-12(9-27)14(7-10)18(24,25)26/h1-8,13H,9,27H2. The summed E-state index contributed by atoms with van der Waals surface area (Å²) < 4.78 is 79.4. The van der Waals surface area contributed by atoms with E-state index in [1.807, 2.05) is 0 Å². The Morgan fingerprint density at radius 3 is 2.11 bits per heavy atom. The van der Waals surface area contributed by atoms with Gasteiger partial charge in [-0.1, -0.05) is 53.6 Å². The van der Waals surface area contributed by atoms with Crippen molar-refractivity contribution >= 4 is 29.3 Å². The lowest BCUT2D eigenvalue weighted by Crippen LogP contribution is -2.19. The lowest BCUT2D eigenvalue weighted by molar-refractivity contribution is -0.140. The highest BCUT2D eigenvalue weighted by Gasteiger charge is 2.39. The van der Waals surface area contributed by atoms with E-state index in [9.17, 15) is 26.3 Å². The number of rotatable bonds is 4. The van der Waals surface area contributed by atoms with Gasteiger partial charge in [0.2, 0.25) is 0 Å². The first kappa shape index (κ1) is 21.6. The van der Waals surface area contributed by atoms with Crippen LogP contribution in [0.4, 0.5) is 26.3 Å². The molecule has 1 atom stereocenters. The van der Waals surface area contributed by atoms with Gasteiger partial charge < -0.3 is 5.73 Å². The minimum absolute atomic E-state index is 0.0335. The molecule has 0 aliphatic heterocycles. The molecule has 0 spiro atoms. The van der Waals surface area contributed by atoms with E-state index >= 15 is 0 Å². The highest BCUT2D eigenvalue weighted by atomic mass is 35.5. The number of hydrogen-bond acceptors (Lipinski definition) is 1. The van der Waals surface area contributed by atoms with E-state index in [1.165, 1.54) is 12.1 Å². The average Bonchev–Trinajstić information content (AvgIpc) is 2.56. The van der Waals surface area contributed by atoms with E-state index in [-0.39, 0.29) is 33.3 Å². The van der Waals surface area contributed by atoms with E-state index < -0.39 is 23.8 Å². The van der Waals surface area contributed by atoms with Crippen molar-refractivity contribution in [2.45, 2.75) is 24.8 Å². The summed E-state index contributed by atoms with van der Waals surface area (Å²) in [7, 11) is 0. The van der Waals surface area contributed by atoms with Crippen LogP contribution in [0.15, 0.2) is 42.5 Å². The molecular weight excluding hydrogens is 415 g/mol. The third-order valence-electron chi connectivity index (χ3n) is 3.80. The zero-order chi connectivity index (χ0) is 20.4. The van der Waals surface area contributed by atoms with Gasteiger partial charge in [-0.25, -0.2) is 0 Å². The molecule has 0 radical (unpaired) electrons. The second-order valence-electron chi connectivity index (χ2n) is 5.67. The van der Waals surface area contributed by atoms with Gasteiger partial charge in [-0.05, 0) is 34.9 Å². The minimum Gasteiger partial charge on any atom is -0.326 e. The topological polar surface area (TPSA) is 26.0 Å². The third-order valence-corrected chi connectivity index (χ3v) is 4.53. The van der Waals surface area contributed by atoms with Crippen LogP contribution in [-0.4, -0.2) is 6.18 Å². The number of allylic oxidation sites excluding steroid dienone is 1. The molecule has 2 aromatic rings. The van der Waals surface area contributed by atoms with Crippen LogP contribution in [0.1, 0.15) is 28.2 Å². The second-order valence-corrected chi connectivity index (χ2v) is 6.48. The van der Waals surface area contributed by atoms with Gasteiger partial charge in [-0.3, -0.25) is 0 Å². The van der Waals surface area contributed by atoms with Gasteiger partial charge in [-0.15, -0.1) is 0 Å². The summed E-state index contributed by atoms with van der Waals surface area (Å²) in [5.41, 5.74) is 3.95. The highest BCUT2D eigenvalue weighted by Crippen LogP contribution is 2.39. The Morgan fingerprint density at radius 1 is 0.926 bits per heavy atom. The predicted octanol–water partition coefficient (Wildman–Crippen LogP) is 6.83. The fourth-order valence-corrected chi connectivity index (χ4v) is 2.77. The predicted molar refractivity (Wildman–Crippen MR) is 93.6 cm³/mol. The minimum atomic E-state index is -4.67. The van der Waals surface area contributed by atoms with Crippen molar-refractivity contribution in [2.24, 2.45) is 5.73 Å². The Labute approximate surface area is 161 Å². The second kappa shape index (κ2) is 8.12. The molecular formula is C18H13Cl2F6N. The Bertz CT molecular complexity index is 843. The molecule has 0 heterocycles. The molecule has 0 amide bonds. The molecule has 146 valence electrons. The lowest BCUT2D eigenvalue weighted by Gasteiger charge is -2.18. The quantitative estimate of drug-likeness (QED) is 0.531. The highest BCUT2D eigenvalue weighted by molar-refractivity contribution is 6.42. The fourth-order valence-electron chi connectivity index (χ4n) is 2.46. The molecule has 2 rings (SSSR count). The van der Waals surface area contributed by atoms with Crippen LogP contribution in [0.5, 0.6) is 0 Å². The van der Waals surface area contributed by atoms with Gasteiger partial charge in [0.25, 0.3) is 0 Å². The SMILES string of the molecule is NCc1ccc(C=CC(c2ccc(Cl)c(Cl)c2)C(F)(F)F)cc1C(F)(F)F. The third kappa shape index (κ3) is 5.40. The van der Waals surface area contributed by atoms with Crippen LogP contribution in [0, 0.1) is 0 Å². The van der Waals surface area contributed by atoms with Crippen LogP contribution in [-0.2, 0) is 12.7 Å². The van der Waals surface area contributed by atoms with Crippen LogP contribution in [0.2, 0.25) is 10.0 Å². The maximum atomic E-state index is 13.4. The molecule has 0 saturated heterocycles. The number of nitrogens with two attached hydrogens (primary N) is 1. The summed E-state index contributed by atoms with van der Waals surface area (Å²) in [6, 6.07) is 6.64. The normalized spacial score (nSPS) is 14.0. The van der Waals surface area contributed by atoms with Gasteiger partial charge in [0.05, 0.1) is 21.5 Å². The number of alkyl halides is 6. The molecule has 1 nitrogen and oxygen atoms in total. The molecule has 2 N–H and O–H groups in total. The number of benzene rings is 2. The maximum absolute atomic E-state index is 13.4. The van der Waals surface area contributed by atoms with Crippen LogP contribution < -0.4 is 5.73 Å². The summed E-state index contributed by atoms with van der Waals surface area (Å²) in [5, 5.41) is 0.0426. The van der Waals surface area contributed by atoms with Crippen molar-refractivity contribution in [2.75, 3.05) is 0 Å². The Kier molecular flexibility index (Phi) is 6.50. The lowest BCUT2D eigenvalue weighted by atomic mass is 9.96. The van der Waals surface area contributed by atoms with E-state index in [4.69, 9.17) is 28.9 Å². The molecule has 1 unspecified atom stereocenters. The summed E-state index contributed by atoms with van der Waals surface area (Å²) in [4.78, 5) is 0. The van der Waals surface area contributed by atoms with Crippen molar-refractivity contribution in [1.82, 2.24) is 0 Å². The molecule has 9 heteroatoms. The van der Waals surface area contributed by atoms with Crippen molar-refractivity contribution in [3.05, 3.63) is 74.8 Å². The van der Waals surface area contributed by atoms with Crippen molar-refractivity contribution < 1.29 is 26.3 Å². The first-order chi connectivity index (χ1) is 12.4. The van der Waals surface area contributed by atoms with E-state index in [0.717, 1.165) is 36.4 Å². The maximum Gasteiger partial charge on any atom is 0.416 e. The van der Waals surface area contributed by atoms with Crippen molar-refractivity contribution in [3.63, 3.8) is 0 Å². The average molecular weight is 428 g/mol. The molecule has 0 fully saturated rings. The molecule has 0 aromatic heterocycles.